The fourth-order valence-electron chi connectivity index (χ4n) is 0.224. The molecule has 0 spiro atoms. The monoisotopic (exact) mass is 164 g/mol. The molecule has 4 nitrogen and oxygen atoms in total. The third kappa shape index (κ3) is 26.6. The minimum Gasteiger partial charge on any atom is -0.481 e. The normalized spacial score (nSPS) is 8.27. The van der Waals surface area contributed by atoms with Crippen LogP contribution < -0.4 is 0 Å². The van der Waals surface area contributed by atoms with Gasteiger partial charge in [-0.05, 0) is 12.8 Å². The van der Waals surface area contributed by atoms with E-state index in [4.69, 9.17) is 15.3 Å². The summed E-state index contributed by atoms with van der Waals surface area (Å²) in [7, 11) is 0. The van der Waals surface area contributed by atoms with Crippen LogP contribution >= 0.6 is 0 Å². The number of unbranched alkanes of at least 4 members (excludes halogenated alkanes) is 1. The smallest absolute Gasteiger partial charge is 0.303 e. The van der Waals surface area contributed by atoms with Gasteiger partial charge in [0.05, 0.1) is 0 Å². The summed E-state index contributed by atoms with van der Waals surface area (Å²) >= 11 is 0. The van der Waals surface area contributed by atoms with Crippen LogP contribution in [-0.2, 0) is 4.79 Å². The SMILES string of the molecule is CCC(=O)O.OCCCCO. The van der Waals surface area contributed by atoms with Gasteiger partial charge < -0.3 is 15.3 Å². The predicted octanol–water partition coefficient (Wildman–Crippen LogP) is 0.232. The van der Waals surface area contributed by atoms with E-state index >= 15 is 0 Å². The van der Waals surface area contributed by atoms with Crippen LogP contribution in [-0.4, -0.2) is 34.5 Å². The number of carboxylic acid groups (broad SMARTS) is 1. The topological polar surface area (TPSA) is 77.8 Å². The van der Waals surface area contributed by atoms with Crippen LogP contribution in [0.15, 0.2) is 0 Å². The first-order valence-electron chi connectivity index (χ1n) is 3.62. The summed E-state index contributed by atoms with van der Waals surface area (Å²) < 4.78 is 0. The molecule has 0 unspecified atom stereocenters. The molecule has 0 aromatic rings. The number of hydrogen-bond acceptors (Lipinski definition) is 3. The van der Waals surface area contributed by atoms with E-state index in [-0.39, 0.29) is 19.6 Å². The van der Waals surface area contributed by atoms with Crippen LogP contribution in [0.3, 0.4) is 0 Å². The second-order valence-electron chi connectivity index (χ2n) is 1.90. The summed E-state index contributed by atoms with van der Waals surface area (Å²) in [5, 5.41) is 23.9. The van der Waals surface area contributed by atoms with Crippen LogP contribution in [0.5, 0.6) is 0 Å². The highest BCUT2D eigenvalue weighted by molar-refractivity contribution is 5.66. The summed E-state index contributed by atoms with van der Waals surface area (Å²) in [5.41, 5.74) is 0. The zero-order valence-corrected chi connectivity index (χ0v) is 6.79. The Morgan fingerprint density at radius 1 is 1.18 bits per heavy atom. The lowest BCUT2D eigenvalue weighted by Gasteiger charge is -1.85. The molecule has 0 atom stereocenters. The fourth-order valence-corrected chi connectivity index (χ4v) is 0.224. The van der Waals surface area contributed by atoms with Crippen molar-refractivity contribution in [2.24, 2.45) is 0 Å². The first-order valence-corrected chi connectivity index (χ1v) is 3.62. The van der Waals surface area contributed by atoms with Crippen molar-refractivity contribution in [3.63, 3.8) is 0 Å². The summed E-state index contributed by atoms with van der Waals surface area (Å²) in [4.78, 5) is 9.37. The second kappa shape index (κ2) is 12.1. The average molecular weight is 164 g/mol. The van der Waals surface area contributed by atoms with E-state index in [1.54, 1.807) is 6.92 Å². The van der Waals surface area contributed by atoms with Gasteiger partial charge in [0, 0.05) is 19.6 Å². The van der Waals surface area contributed by atoms with E-state index in [2.05, 4.69) is 0 Å². The molecule has 4 heteroatoms. The van der Waals surface area contributed by atoms with E-state index in [0.29, 0.717) is 0 Å². The van der Waals surface area contributed by atoms with Crippen molar-refractivity contribution in [3.8, 4) is 0 Å². The van der Waals surface area contributed by atoms with Crippen molar-refractivity contribution in [3.05, 3.63) is 0 Å². The van der Waals surface area contributed by atoms with Gasteiger partial charge in [0.15, 0.2) is 0 Å². The summed E-state index contributed by atoms with van der Waals surface area (Å²) in [5.74, 6) is -0.745. The molecule has 0 saturated carbocycles. The lowest BCUT2D eigenvalue weighted by molar-refractivity contribution is -0.136. The first kappa shape index (κ1) is 13.0. The molecule has 0 aliphatic rings. The van der Waals surface area contributed by atoms with Crippen molar-refractivity contribution in [2.75, 3.05) is 13.2 Å². The summed E-state index contributed by atoms with van der Waals surface area (Å²) in [6.07, 6.45) is 1.66. The van der Waals surface area contributed by atoms with Gasteiger partial charge >= 0.3 is 5.97 Å². The zero-order valence-electron chi connectivity index (χ0n) is 6.79. The highest BCUT2D eigenvalue weighted by Gasteiger charge is 1.80. The van der Waals surface area contributed by atoms with Gasteiger partial charge in [-0.3, -0.25) is 4.79 Å². The predicted molar refractivity (Wildman–Crippen MR) is 41.3 cm³/mol. The summed E-state index contributed by atoms with van der Waals surface area (Å²) in [6, 6.07) is 0. The molecule has 11 heavy (non-hydrogen) atoms. The Bertz CT molecular complexity index is 78.5. The van der Waals surface area contributed by atoms with Crippen molar-refractivity contribution >= 4 is 5.97 Å². The lowest BCUT2D eigenvalue weighted by Crippen LogP contribution is -1.86. The Balaban J connectivity index is 0. The standard InChI is InChI=1S/C4H10O2.C3H6O2/c5-3-1-2-4-6;1-2-3(4)5/h5-6H,1-4H2;2H2,1H3,(H,4,5). The number of carboxylic acids is 1. The Labute approximate surface area is 66.5 Å². The molecule has 3 N–H and O–H groups in total. The molecular formula is C7H16O4. The molecule has 0 saturated heterocycles. The van der Waals surface area contributed by atoms with Crippen LogP contribution in [0.1, 0.15) is 26.2 Å². The molecule has 0 bridgehead atoms. The number of aliphatic hydroxyl groups is 2. The second-order valence-corrected chi connectivity index (χ2v) is 1.90. The Morgan fingerprint density at radius 3 is 1.55 bits per heavy atom. The molecule has 0 amide bonds. The third-order valence-corrected chi connectivity index (χ3v) is 0.869. The molecule has 0 aromatic heterocycles. The molecule has 0 heterocycles. The van der Waals surface area contributed by atoms with E-state index in [1.807, 2.05) is 0 Å². The van der Waals surface area contributed by atoms with Crippen molar-refractivity contribution in [2.45, 2.75) is 26.2 Å². The van der Waals surface area contributed by atoms with Gasteiger partial charge in [0.1, 0.15) is 0 Å². The average Bonchev–Trinajstić information content (AvgIpc) is 2.02. The third-order valence-electron chi connectivity index (χ3n) is 0.869. The largest absolute Gasteiger partial charge is 0.481 e. The maximum absolute atomic E-state index is 9.37. The molecule has 0 aromatic carbocycles. The van der Waals surface area contributed by atoms with Gasteiger partial charge in [-0.25, -0.2) is 0 Å². The number of rotatable bonds is 4. The Morgan fingerprint density at radius 2 is 1.45 bits per heavy atom. The van der Waals surface area contributed by atoms with Crippen molar-refractivity contribution < 1.29 is 20.1 Å². The van der Waals surface area contributed by atoms with E-state index in [0.717, 1.165) is 12.8 Å². The zero-order chi connectivity index (χ0) is 9.11. The number of aliphatic carboxylic acids is 1. The summed E-state index contributed by atoms with van der Waals surface area (Å²) in [6.45, 7) is 1.99. The molecular weight excluding hydrogens is 148 g/mol. The van der Waals surface area contributed by atoms with Gasteiger partial charge in [0.25, 0.3) is 0 Å². The first-order chi connectivity index (χ1) is 5.18. The van der Waals surface area contributed by atoms with Crippen LogP contribution in [0.25, 0.3) is 0 Å². The fraction of sp³-hybridized carbons (Fsp3) is 0.857. The van der Waals surface area contributed by atoms with Crippen molar-refractivity contribution in [1.82, 2.24) is 0 Å². The number of aliphatic hydroxyl groups excluding tert-OH is 2. The van der Waals surface area contributed by atoms with E-state index in [9.17, 15) is 4.79 Å². The van der Waals surface area contributed by atoms with E-state index < -0.39 is 5.97 Å². The molecule has 0 radical (unpaired) electrons. The van der Waals surface area contributed by atoms with E-state index in [1.165, 1.54) is 0 Å². The lowest BCUT2D eigenvalue weighted by atomic mass is 10.3. The molecule has 0 rings (SSSR count). The highest BCUT2D eigenvalue weighted by Crippen LogP contribution is 1.80. The highest BCUT2D eigenvalue weighted by atomic mass is 16.4. The van der Waals surface area contributed by atoms with Crippen LogP contribution in [0.2, 0.25) is 0 Å². The van der Waals surface area contributed by atoms with Crippen LogP contribution in [0.4, 0.5) is 0 Å². The molecule has 68 valence electrons. The molecule has 0 aliphatic carbocycles. The number of hydrogen-bond donors (Lipinski definition) is 3. The van der Waals surface area contributed by atoms with Crippen molar-refractivity contribution in [1.29, 1.82) is 0 Å². The molecule has 0 fully saturated rings. The maximum Gasteiger partial charge on any atom is 0.303 e. The van der Waals surface area contributed by atoms with Gasteiger partial charge in [-0.15, -0.1) is 0 Å². The quantitative estimate of drug-likeness (QED) is 0.520. The Hall–Kier alpha value is -0.610. The van der Waals surface area contributed by atoms with Gasteiger partial charge in [-0.2, -0.15) is 0 Å². The van der Waals surface area contributed by atoms with Crippen LogP contribution in [0, 0.1) is 0 Å². The Kier molecular flexibility index (Phi) is 14.3. The van der Waals surface area contributed by atoms with Gasteiger partial charge in [-0.1, -0.05) is 6.92 Å². The molecule has 0 aliphatic heterocycles. The number of carbonyl (C=O) groups is 1. The maximum atomic E-state index is 9.37. The minimum absolute atomic E-state index is 0.195. The van der Waals surface area contributed by atoms with Gasteiger partial charge in [0.2, 0.25) is 0 Å². The minimum atomic E-state index is -0.745.